The molecule has 0 saturated heterocycles. The highest BCUT2D eigenvalue weighted by Crippen LogP contribution is 2.28. The molecule has 148 valence electrons. The first kappa shape index (κ1) is 19.8. The molecule has 2 aromatic heterocycles. The van der Waals surface area contributed by atoms with Crippen molar-refractivity contribution in [1.29, 1.82) is 0 Å². The van der Waals surface area contributed by atoms with Gasteiger partial charge in [-0.25, -0.2) is 9.36 Å². The number of benzene rings is 1. The summed E-state index contributed by atoms with van der Waals surface area (Å²) in [5.74, 6) is -0.412. The largest absolute Gasteiger partial charge is 0.469 e. The lowest BCUT2D eigenvalue weighted by molar-refractivity contribution is -0.144. The Labute approximate surface area is 159 Å². The summed E-state index contributed by atoms with van der Waals surface area (Å²) in [5.41, 5.74) is -2.83. The molecule has 0 fully saturated rings. The zero-order valence-corrected chi connectivity index (χ0v) is 15.6. The molecule has 3 aromatic rings. The molecular weight excluding hydrogens is 399 g/mol. The number of halogens is 3. The van der Waals surface area contributed by atoms with E-state index in [-0.39, 0.29) is 18.5 Å². The smallest absolute Gasteiger partial charge is 0.431 e. The van der Waals surface area contributed by atoms with E-state index >= 15 is 0 Å². The van der Waals surface area contributed by atoms with E-state index in [2.05, 4.69) is 9.11 Å². The van der Waals surface area contributed by atoms with Crippen LogP contribution in [0.15, 0.2) is 33.9 Å². The predicted molar refractivity (Wildman–Crippen MR) is 95.8 cm³/mol. The Morgan fingerprint density at radius 1 is 1.25 bits per heavy atom. The van der Waals surface area contributed by atoms with Crippen molar-refractivity contribution in [3.05, 3.63) is 56.5 Å². The van der Waals surface area contributed by atoms with E-state index in [1.54, 1.807) is 6.07 Å². The first-order valence-corrected chi connectivity index (χ1v) is 8.76. The van der Waals surface area contributed by atoms with Crippen molar-refractivity contribution < 1.29 is 22.7 Å². The van der Waals surface area contributed by atoms with Crippen molar-refractivity contribution in [2.24, 2.45) is 7.05 Å². The van der Waals surface area contributed by atoms with Crippen molar-refractivity contribution in [3.63, 3.8) is 0 Å². The molecule has 0 atom stereocenters. The van der Waals surface area contributed by atoms with Crippen LogP contribution >= 0.6 is 11.5 Å². The van der Waals surface area contributed by atoms with Crippen LogP contribution in [0.5, 0.6) is 0 Å². The molecular formula is C17H14F3N3O4S. The highest BCUT2D eigenvalue weighted by Gasteiger charge is 2.35. The van der Waals surface area contributed by atoms with E-state index in [0.717, 1.165) is 11.7 Å². The number of esters is 1. The summed E-state index contributed by atoms with van der Waals surface area (Å²) in [6, 6.07) is 4.96. The van der Waals surface area contributed by atoms with Gasteiger partial charge in [-0.3, -0.25) is 14.2 Å². The molecule has 0 aliphatic rings. The minimum Gasteiger partial charge on any atom is -0.469 e. The molecule has 0 aliphatic carbocycles. The molecule has 0 bridgehead atoms. The van der Waals surface area contributed by atoms with Gasteiger partial charge in [0.1, 0.15) is 5.69 Å². The molecule has 0 unspecified atom stereocenters. The van der Waals surface area contributed by atoms with Gasteiger partial charge in [-0.05, 0) is 29.7 Å². The Morgan fingerprint density at radius 3 is 2.61 bits per heavy atom. The molecule has 0 radical (unpaired) electrons. The van der Waals surface area contributed by atoms with Gasteiger partial charge < -0.3 is 4.74 Å². The standard InChI is InChI=1S/C17H14F3N3O4S/c1-22-13(17(18,19)20)8-14(24)23(16(22)26)9-3-5-12-10(7-9)11(21-28-12)4-6-15(25)27-2/h3,5,7-8H,4,6H2,1-2H3. The van der Waals surface area contributed by atoms with Crippen LogP contribution in [0.25, 0.3) is 15.8 Å². The van der Waals surface area contributed by atoms with E-state index in [1.807, 2.05) is 0 Å². The van der Waals surface area contributed by atoms with E-state index in [9.17, 15) is 27.6 Å². The third-order valence-corrected chi connectivity index (χ3v) is 5.05. The van der Waals surface area contributed by atoms with Crippen LogP contribution < -0.4 is 11.2 Å². The highest BCUT2D eigenvalue weighted by atomic mass is 32.1. The number of carbonyl (C=O) groups is 1. The third kappa shape index (κ3) is 3.57. The Bertz CT molecular complexity index is 1180. The lowest BCUT2D eigenvalue weighted by Gasteiger charge is -2.14. The third-order valence-electron chi connectivity index (χ3n) is 4.19. The van der Waals surface area contributed by atoms with Gasteiger partial charge in [-0.15, -0.1) is 0 Å². The van der Waals surface area contributed by atoms with Crippen molar-refractivity contribution in [1.82, 2.24) is 13.5 Å². The van der Waals surface area contributed by atoms with Crippen LogP contribution in [0.4, 0.5) is 13.2 Å². The summed E-state index contributed by atoms with van der Waals surface area (Å²) in [7, 11) is 2.22. The highest BCUT2D eigenvalue weighted by molar-refractivity contribution is 7.13. The van der Waals surface area contributed by atoms with E-state index in [0.29, 0.717) is 26.3 Å². The molecule has 3 rings (SSSR count). The fraction of sp³-hybridized carbons (Fsp3) is 0.294. The molecule has 1 aromatic carbocycles. The maximum atomic E-state index is 13.0. The molecule has 28 heavy (non-hydrogen) atoms. The van der Waals surface area contributed by atoms with Gasteiger partial charge in [0, 0.05) is 24.9 Å². The number of aryl methyl sites for hydroxylation is 1. The lowest BCUT2D eigenvalue weighted by atomic mass is 10.1. The lowest BCUT2D eigenvalue weighted by Crippen LogP contribution is -2.40. The number of nitrogens with zero attached hydrogens (tertiary/aromatic N) is 3. The first-order valence-electron chi connectivity index (χ1n) is 7.99. The first-order chi connectivity index (χ1) is 13.1. The Balaban J connectivity index is 2.12. The van der Waals surface area contributed by atoms with Gasteiger partial charge in [-0.2, -0.15) is 17.5 Å². The average Bonchev–Trinajstić information content (AvgIpc) is 3.04. The fourth-order valence-corrected chi connectivity index (χ4v) is 3.56. The molecule has 7 nitrogen and oxygen atoms in total. The minimum atomic E-state index is -4.82. The molecule has 0 saturated carbocycles. The number of hydrogen-bond acceptors (Lipinski definition) is 6. The number of carbonyl (C=O) groups excluding carboxylic acids is 1. The fourth-order valence-electron chi connectivity index (χ4n) is 2.75. The van der Waals surface area contributed by atoms with Crippen LogP contribution in [-0.2, 0) is 29.2 Å². The van der Waals surface area contributed by atoms with Crippen LogP contribution in [0, 0.1) is 0 Å². The van der Waals surface area contributed by atoms with Crippen LogP contribution in [0.1, 0.15) is 17.8 Å². The maximum Gasteiger partial charge on any atom is 0.431 e. The topological polar surface area (TPSA) is 83.2 Å². The second-order valence-corrected chi connectivity index (χ2v) is 6.73. The van der Waals surface area contributed by atoms with Crippen LogP contribution in [0.2, 0.25) is 0 Å². The SMILES string of the molecule is COC(=O)CCc1nsc2ccc(-n3c(=O)cc(C(F)(F)F)n(C)c3=O)cc12. The summed E-state index contributed by atoms with van der Waals surface area (Å²) in [5, 5.41) is 0.611. The van der Waals surface area contributed by atoms with Gasteiger partial charge in [0.2, 0.25) is 0 Å². The summed E-state index contributed by atoms with van der Waals surface area (Å²) < 4.78 is 49.6. The summed E-state index contributed by atoms with van der Waals surface area (Å²) in [4.78, 5) is 36.0. The minimum absolute atomic E-state index is 0.0988. The number of aromatic nitrogens is 3. The molecule has 2 heterocycles. The van der Waals surface area contributed by atoms with Crippen molar-refractivity contribution in [2.75, 3.05) is 7.11 Å². The normalized spacial score (nSPS) is 11.8. The maximum absolute atomic E-state index is 13.0. The number of hydrogen-bond donors (Lipinski definition) is 0. The summed E-state index contributed by atoms with van der Waals surface area (Å²) >= 11 is 1.17. The molecule has 0 aliphatic heterocycles. The quantitative estimate of drug-likeness (QED) is 0.613. The van der Waals surface area contributed by atoms with Crippen LogP contribution in [0.3, 0.4) is 0 Å². The Kier molecular flexibility index (Phi) is 5.11. The van der Waals surface area contributed by atoms with Gasteiger partial charge in [0.15, 0.2) is 0 Å². The Hall–Kier alpha value is -2.95. The van der Waals surface area contributed by atoms with Gasteiger partial charge >= 0.3 is 17.8 Å². The van der Waals surface area contributed by atoms with E-state index in [1.165, 1.54) is 30.8 Å². The monoisotopic (exact) mass is 413 g/mol. The van der Waals surface area contributed by atoms with Gasteiger partial charge in [-0.1, -0.05) is 0 Å². The van der Waals surface area contributed by atoms with Gasteiger partial charge in [0.25, 0.3) is 5.56 Å². The van der Waals surface area contributed by atoms with Crippen molar-refractivity contribution in [2.45, 2.75) is 19.0 Å². The molecule has 0 N–H and O–H groups in total. The van der Waals surface area contributed by atoms with E-state index in [4.69, 9.17) is 0 Å². The Morgan fingerprint density at radius 2 is 1.96 bits per heavy atom. The molecule has 0 amide bonds. The van der Waals surface area contributed by atoms with Crippen LogP contribution in [-0.4, -0.2) is 26.6 Å². The molecule has 11 heteroatoms. The second-order valence-electron chi connectivity index (χ2n) is 5.93. The number of methoxy groups -OCH3 is 1. The second kappa shape index (κ2) is 7.23. The average molecular weight is 413 g/mol. The molecule has 0 spiro atoms. The zero-order valence-electron chi connectivity index (χ0n) is 14.7. The summed E-state index contributed by atoms with van der Waals surface area (Å²) in [6.07, 6.45) is -4.44. The number of ether oxygens (including phenoxy) is 1. The van der Waals surface area contributed by atoms with Crippen molar-refractivity contribution >= 4 is 27.6 Å². The number of fused-ring (bicyclic) bond motifs is 1. The van der Waals surface area contributed by atoms with E-state index < -0.39 is 29.1 Å². The van der Waals surface area contributed by atoms with Crippen molar-refractivity contribution in [3.8, 4) is 5.69 Å². The summed E-state index contributed by atoms with van der Waals surface area (Å²) in [6.45, 7) is 0. The zero-order chi connectivity index (χ0) is 20.6. The predicted octanol–water partition coefficient (Wildman–Crippen LogP) is 2.27. The number of rotatable bonds is 4. The van der Waals surface area contributed by atoms with Gasteiger partial charge in [0.05, 0.1) is 29.6 Å². The number of alkyl halides is 3.